The second kappa shape index (κ2) is 6.27. The maximum Gasteiger partial charge on any atom is 0.245 e. The molecule has 6 heteroatoms. The highest BCUT2D eigenvalue weighted by Gasteiger charge is 2.48. The first kappa shape index (κ1) is 15.7. The van der Waals surface area contributed by atoms with E-state index in [2.05, 4.69) is 10.3 Å². The van der Waals surface area contributed by atoms with Gasteiger partial charge in [-0.1, -0.05) is 31.0 Å². The van der Waals surface area contributed by atoms with Crippen LogP contribution in [-0.2, 0) is 14.4 Å². The van der Waals surface area contributed by atoms with Crippen LogP contribution >= 0.6 is 0 Å². The van der Waals surface area contributed by atoms with Crippen molar-refractivity contribution in [3.05, 3.63) is 36.4 Å². The van der Waals surface area contributed by atoms with Crippen LogP contribution in [0.3, 0.4) is 0 Å². The highest BCUT2D eigenvalue weighted by Crippen LogP contribution is 2.37. The number of amides is 3. The summed E-state index contributed by atoms with van der Waals surface area (Å²) in [5, 5.41) is 3.67. The van der Waals surface area contributed by atoms with Gasteiger partial charge < -0.3 is 5.32 Å². The molecule has 2 fully saturated rings. The van der Waals surface area contributed by atoms with Gasteiger partial charge in [0.25, 0.3) is 0 Å². The quantitative estimate of drug-likeness (QED) is 0.872. The Labute approximate surface area is 145 Å². The van der Waals surface area contributed by atoms with Gasteiger partial charge in [0.15, 0.2) is 0 Å². The molecule has 1 saturated heterocycles. The van der Waals surface area contributed by atoms with Crippen molar-refractivity contribution in [1.29, 1.82) is 0 Å². The smallest absolute Gasteiger partial charge is 0.245 e. The lowest BCUT2D eigenvalue weighted by Crippen LogP contribution is -2.38. The number of aromatic nitrogens is 1. The number of carbonyl (C=O) groups excluding carboxylic acids is 3. The zero-order valence-corrected chi connectivity index (χ0v) is 13.8. The van der Waals surface area contributed by atoms with Crippen LogP contribution < -0.4 is 5.32 Å². The molecule has 1 N–H and O–H groups in total. The summed E-state index contributed by atoms with van der Waals surface area (Å²) in [7, 11) is 0. The molecule has 128 valence electrons. The van der Waals surface area contributed by atoms with E-state index in [1.54, 1.807) is 6.07 Å². The number of nitrogens with one attached hydrogen (secondary N) is 1. The number of nitrogens with zero attached hydrogens (tertiary/aromatic N) is 2. The fourth-order valence-electron chi connectivity index (χ4n) is 3.85. The van der Waals surface area contributed by atoms with Gasteiger partial charge >= 0.3 is 0 Å². The Bertz CT molecular complexity index is 840. The third-order valence-corrected chi connectivity index (χ3v) is 5.10. The average Bonchev–Trinajstić information content (AvgIpc) is 2.87. The normalized spacial score (nSPS) is 23.0. The van der Waals surface area contributed by atoms with E-state index < -0.39 is 5.91 Å². The molecule has 0 bridgehead atoms. The Morgan fingerprint density at radius 2 is 1.72 bits per heavy atom. The Hall–Kier alpha value is -2.76. The summed E-state index contributed by atoms with van der Waals surface area (Å²) in [5.74, 6) is -0.836. The molecule has 3 amide bonds. The third kappa shape index (κ3) is 2.88. The van der Waals surface area contributed by atoms with Gasteiger partial charge in [-0.2, -0.15) is 0 Å². The molecule has 0 unspecified atom stereocenters. The minimum Gasteiger partial charge on any atom is -0.309 e. The number of para-hydroxylation sites is 1. The van der Waals surface area contributed by atoms with Crippen LogP contribution in [0.4, 0.5) is 5.82 Å². The highest BCUT2D eigenvalue weighted by atomic mass is 16.2. The van der Waals surface area contributed by atoms with Crippen molar-refractivity contribution in [2.75, 3.05) is 11.9 Å². The molecule has 0 spiro atoms. The molecule has 0 radical (unpaired) electrons. The summed E-state index contributed by atoms with van der Waals surface area (Å²) in [6.07, 6.45) is 3.45. The maximum absolute atomic E-state index is 12.4. The van der Waals surface area contributed by atoms with Crippen molar-refractivity contribution in [1.82, 2.24) is 9.88 Å². The molecule has 1 aromatic heterocycles. The second-order valence-corrected chi connectivity index (χ2v) is 6.70. The van der Waals surface area contributed by atoms with Crippen molar-refractivity contribution in [3.8, 4) is 0 Å². The summed E-state index contributed by atoms with van der Waals surface area (Å²) < 4.78 is 0. The Balaban J connectivity index is 1.46. The van der Waals surface area contributed by atoms with E-state index in [1.165, 1.54) is 0 Å². The Morgan fingerprint density at radius 3 is 2.44 bits per heavy atom. The molecule has 1 aliphatic heterocycles. The largest absolute Gasteiger partial charge is 0.309 e. The third-order valence-electron chi connectivity index (χ3n) is 5.10. The number of carbonyl (C=O) groups is 3. The van der Waals surface area contributed by atoms with Crippen LogP contribution in [0.1, 0.15) is 25.7 Å². The van der Waals surface area contributed by atoms with Crippen molar-refractivity contribution < 1.29 is 14.4 Å². The van der Waals surface area contributed by atoms with Gasteiger partial charge in [0.05, 0.1) is 17.4 Å². The van der Waals surface area contributed by atoms with E-state index in [4.69, 9.17) is 0 Å². The molecule has 25 heavy (non-hydrogen) atoms. The molecule has 6 nitrogen and oxygen atoms in total. The molecular weight excluding hydrogens is 318 g/mol. The van der Waals surface area contributed by atoms with Gasteiger partial charge in [0.1, 0.15) is 12.4 Å². The van der Waals surface area contributed by atoms with Crippen molar-refractivity contribution in [2.24, 2.45) is 11.8 Å². The van der Waals surface area contributed by atoms with Gasteiger partial charge in [-0.25, -0.2) is 4.98 Å². The summed E-state index contributed by atoms with van der Waals surface area (Å²) in [6, 6.07) is 11.2. The number of anilines is 1. The zero-order chi connectivity index (χ0) is 17.4. The molecule has 2 aromatic rings. The van der Waals surface area contributed by atoms with Crippen molar-refractivity contribution >= 4 is 34.4 Å². The molecule has 1 saturated carbocycles. The summed E-state index contributed by atoms with van der Waals surface area (Å²) in [5.41, 5.74) is 0.777. The number of benzene rings is 1. The summed E-state index contributed by atoms with van der Waals surface area (Å²) >= 11 is 0. The Morgan fingerprint density at radius 1 is 1.04 bits per heavy atom. The number of rotatable bonds is 3. The lowest BCUT2D eigenvalue weighted by Gasteiger charge is -2.19. The van der Waals surface area contributed by atoms with Gasteiger partial charge in [0, 0.05) is 5.39 Å². The predicted octanol–water partition coefficient (Wildman–Crippen LogP) is 2.35. The number of pyridine rings is 1. The highest BCUT2D eigenvalue weighted by molar-refractivity contribution is 6.08. The topological polar surface area (TPSA) is 79.4 Å². The van der Waals surface area contributed by atoms with Gasteiger partial charge in [0.2, 0.25) is 17.7 Å². The van der Waals surface area contributed by atoms with Gasteiger partial charge in [-0.3, -0.25) is 19.3 Å². The number of imide groups is 1. The lowest BCUT2D eigenvalue weighted by atomic mass is 9.81. The number of hydrogen-bond donors (Lipinski definition) is 1. The minimum atomic E-state index is -0.400. The summed E-state index contributed by atoms with van der Waals surface area (Å²) in [4.78, 5) is 42.7. The number of hydrogen-bond acceptors (Lipinski definition) is 4. The molecular formula is C19H19N3O3. The van der Waals surface area contributed by atoms with Crippen LogP contribution in [0, 0.1) is 11.8 Å². The van der Waals surface area contributed by atoms with Gasteiger partial charge in [-0.05, 0) is 31.0 Å². The lowest BCUT2D eigenvalue weighted by molar-refractivity contribution is -0.142. The fraction of sp³-hybridized carbons (Fsp3) is 0.368. The van der Waals surface area contributed by atoms with Crippen molar-refractivity contribution in [3.63, 3.8) is 0 Å². The standard InChI is InChI=1S/C19H19N3O3/c23-17(21-16-10-9-12-5-1-4-8-15(12)20-16)11-22-18(24)13-6-2-3-7-14(13)19(22)25/h1,4-5,8-10,13-14H,2-3,6-7,11H2,(H,20,21,23)/t13-,14+. The first-order valence-electron chi connectivity index (χ1n) is 8.64. The maximum atomic E-state index is 12.4. The van der Waals surface area contributed by atoms with Gasteiger partial charge in [-0.15, -0.1) is 0 Å². The average molecular weight is 337 g/mol. The van der Waals surface area contributed by atoms with E-state index >= 15 is 0 Å². The van der Waals surface area contributed by atoms with Crippen LogP contribution in [0.15, 0.2) is 36.4 Å². The first-order chi connectivity index (χ1) is 12.1. The first-order valence-corrected chi connectivity index (χ1v) is 8.64. The molecule has 2 aliphatic rings. The molecule has 2 atom stereocenters. The molecule has 4 rings (SSSR count). The van der Waals surface area contributed by atoms with E-state index in [0.717, 1.165) is 41.5 Å². The van der Waals surface area contributed by atoms with Crippen LogP contribution in [0.5, 0.6) is 0 Å². The summed E-state index contributed by atoms with van der Waals surface area (Å²) in [6.45, 7) is -0.237. The zero-order valence-electron chi connectivity index (χ0n) is 13.8. The van der Waals surface area contributed by atoms with Crippen LogP contribution in [0.25, 0.3) is 10.9 Å². The van der Waals surface area contributed by atoms with E-state index in [-0.39, 0.29) is 30.2 Å². The van der Waals surface area contributed by atoms with Crippen molar-refractivity contribution in [2.45, 2.75) is 25.7 Å². The van der Waals surface area contributed by atoms with E-state index in [0.29, 0.717) is 5.82 Å². The second-order valence-electron chi connectivity index (χ2n) is 6.70. The van der Waals surface area contributed by atoms with E-state index in [1.807, 2.05) is 30.3 Å². The van der Waals surface area contributed by atoms with Crippen LogP contribution in [-0.4, -0.2) is 34.2 Å². The van der Waals surface area contributed by atoms with Crippen LogP contribution in [0.2, 0.25) is 0 Å². The monoisotopic (exact) mass is 337 g/mol. The Kier molecular flexibility index (Phi) is 3.95. The molecule has 1 aromatic carbocycles. The van der Waals surface area contributed by atoms with E-state index in [9.17, 15) is 14.4 Å². The fourth-order valence-corrected chi connectivity index (χ4v) is 3.85. The number of likely N-dealkylation sites (tertiary alicyclic amines) is 1. The molecule has 1 aliphatic carbocycles. The minimum absolute atomic E-state index is 0.198. The SMILES string of the molecule is O=C(CN1C(=O)[C@H]2CCCC[C@H]2C1=O)Nc1ccc2ccccc2n1. The molecule has 2 heterocycles. The predicted molar refractivity (Wildman–Crippen MR) is 92.5 cm³/mol. The number of fused-ring (bicyclic) bond motifs is 2.